The van der Waals surface area contributed by atoms with Crippen LogP contribution in [0.5, 0.6) is 0 Å². The maximum Gasteiger partial charge on any atom is 0.330 e. The SMILES string of the molecule is CCCCN(C(=O)c1cnn(-c2ccccc2)c1C)c1c(N)n(CC(C)C)c(=O)[nH]c1=O. The summed E-state index contributed by atoms with van der Waals surface area (Å²) >= 11 is 0. The van der Waals surface area contributed by atoms with E-state index in [1.165, 1.54) is 15.7 Å². The molecular weight excluding hydrogens is 408 g/mol. The maximum atomic E-state index is 13.6. The largest absolute Gasteiger partial charge is 0.383 e. The maximum absolute atomic E-state index is 13.6. The van der Waals surface area contributed by atoms with Gasteiger partial charge in [0.05, 0.1) is 23.1 Å². The number of aromatic amines is 1. The lowest BCUT2D eigenvalue weighted by molar-refractivity contribution is 0.0985. The van der Waals surface area contributed by atoms with Gasteiger partial charge in [0.15, 0.2) is 5.69 Å². The molecular formula is C23H30N6O3. The van der Waals surface area contributed by atoms with Crippen LogP contribution >= 0.6 is 0 Å². The molecule has 32 heavy (non-hydrogen) atoms. The van der Waals surface area contributed by atoms with Gasteiger partial charge in [-0.25, -0.2) is 9.48 Å². The summed E-state index contributed by atoms with van der Waals surface area (Å²) in [5, 5.41) is 4.38. The number of amides is 1. The summed E-state index contributed by atoms with van der Waals surface area (Å²) in [6.07, 6.45) is 2.98. The van der Waals surface area contributed by atoms with Crippen LogP contribution in [0.4, 0.5) is 11.5 Å². The van der Waals surface area contributed by atoms with Gasteiger partial charge in [-0.1, -0.05) is 45.4 Å². The van der Waals surface area contributed by atoms with Gasteiger partial charge in [-0.15, -0.1) is 0 Å². The van der Waals surface area contributed by atoms with E-state index in [2.05, 4.69) is 10.1 Å². The third kappa shape index (κ3) is 4.51. The fourth-order valence-electron chi connectivity index (χ4n) is 3.61. The Labute approximate surface area is 186 Å². The van der Waals surface area contributed by atoms with E-state index in [4.69, 9.17) is 5.73 Å². The van der Waals surface area contributed by atoms with Crippen molar-refractivity contribution in [1.82, 2.24) is 19.3 Å². The number of nitrogens with two attached hydrogens (primary N) is 1. The quantitative estimate of drug-likeness (QED) is 0.560. The molecule has 0 spiro atoms. The number of H-pyrrole nitrogens is 1. The van der Waals surface area contributed by atoms with Gasteiger partial charge in [0, 0.05) is 13.1 Å². The van der Waals surface area contributed by atoms with E-state index in [9.17, 15) is 14.4 Å². The molecule has 0 saturated heterocycles. The Bertz CT molecular complexity index is 1210. The Morgan fingerprint density at radius 2 is 1.91 bits per heavy atom. The van der Waals surface area contributed by atoms with Gasteiger partial charge in [0.1, 0.15) is 5.82 Å². The molecule has 1 aromatic carbocycles. The standard InChI is InChI=1S/C23H30N6O3/c1-5-6-12-27(19-20(24)28(14-15(2)3)23(32)26-21(19)30)22(31)18-13-25-29(16(18)4)17-10-8-7-9-11-17/h7-11,13,15H,5-6,12,14,24H2,1-4H3,(H,26,30,32). The number of anilines is 2. The Kier molecular flexibility index (Phi) is 6.97. The van der Waals surface area contributed by atoms with Gasteiger partial charge in [-0.05, 0) is 31.4 Å². The minimum absolute atomic E-state index is 0.00411. The number of carbonyl (C=O) groups excluding carboxylic acids is 1. The van der Waals surface area contributed by atoms with Crippen molar-refractivity contribution in [1.29, 1.82) is 0 Å². The summed E-state index contributed by atoms with van der Waals surface area (Å²) in [7, 11) is 0. The molecule has 170 valence electrons. The molecule has 0 aliphatic heterocycles. The smallest absolute Gasteiger partial charge is 0.330 e. The van der Waals surface area contributed by atoms with Crippen LogP contribution in [0.3, 0.4) is 0 Å². The van der Waals surface area contributed by atoms with Crippen molar-refractivity contribution < 1.29 is 4.79 Å². The molecule has 0 bridgehead atoms. The van der Waals surface area contributed by atoms with E-state index in [0.29, 0.717) is 30.8 Å². The predicted octanol–water partition coefficient (Wildman–Crippen LogP) is 2.72. The predicted molar refractivity (Wildman–Crippen MR) is 125 cm³/mol. The second-order valence-electron chi connectivity index (χ2n) is 8.20. The molecule has 0 aliphatic rings. The lowest BCUT2D eigenvalue weighted by atomic mass is 10.2. The lowest BCUT2D eigenvalue weighted by Gasteiger charge is -2.24. The lowest BCUT2D eigenvalue weighted by Crippen LogP contribution is -2.42. The number of hydrogen-bond acceptors (Lipinski definition) is 5. The highest BCUT2D eigenvalue weighted by Gasteiger charge is 2.27. The van der Waals surface area contributed by atoms with Crippen molar-refractivity contribution in [3.63, 3.8) is 0 Å². The van der Waals surface area contributed by atoms with Gasteiger partial charge in [-0.2, -0.15) is 5.10 Å². The minimum Gasteiger partial charge on any atom is -0.383 e. The molecule has 2 heterocycles. The highest BCUT2D eigenvalue weighted by molar-refractivity contribution is 6.07. The Morgan fingerprint density at radius 1 is 1.22 bits per heavy atom. The van der Waals surface area contributed by atoms with Crippen LogP contribution in [0.25, 0.3) is 5.69 Å². The number of aromatic nitrogens is 4. The number of rotatable bonds is 8. The van der Waals surface area contributed by atoms with Crippen molar-refractivity contribution >= 4 is 17.4 Å². The average Bonchev–Trinajstić information content (AvgIpc) is 3.14. The van der Waals surface area contributed by atoms with Gasteiger partial charge in [0.2, 0.25) is 0 Å². The first kappa shape index (κ1) is 23.1. The van der Waals surface area contributed by atoms with Crippen LogP contribution in [-0.2, 0) is 6.54 Å². The number of hydrogen-bond donors (Lipinski definition) is 2. The summed E-state index contributed by atoms with van der Waals surface area (Å²) in [6, 6.07) is 9.48. The van der Waals surface area contributed by atoms with Gasteiger partial charge in [-0.3, -0.25) is 19.1 Å². The molecule has 0 saturated carbocycles. The number of benzene rings is 1. The summed E-state index contributed by atoms with van der Waals surface area (Å²) in [5.74, 6) is -0.269. The molecule has 1 amide bonds. The number of para-hydroxylation sites is 1. The minimum atomic E-state index is -0.676. The zero-order valence-electron chi connectivity index (χ0n) is 19.0. The van der Waals surface area contributed by atoms with Gasteiger partial charge in [0.25, 0.3) is 11.5 Å². The second-order valence-corrected chi connectivity index (χ2v) is 8.20. The monoisotopic (exact) mass is 438 g/mol. The van der Waals surface area contributed by atoms with Crippen molar-refractivity contribution in [2.24, 2.45) is 5.92 Å². The Hall–Kier alpha value is -3.62. The number of unbranched alkanes of at least 4 members (excludes halogenated alkanes) is 1. The molecule has 0 radical (unpaired) electrons. The molecule has 2 aromatic heterocycles. The highest BCUT2D eigenvalue weighted by atomic mass is 16.2. The van der Waals surface area contributed by atoms with Gasteiger partial charge < -0.3 is 10.6 Å². The van der Waals surface area contributed by atoms with E-state index in [0.717, 1.165) is 12.1 Å². The van der Waals surface area contributed by atoms with Gasteiger partial charge >= 0.3 is 5.69 Å². The zero-order valence-corrected chi connectivity index (χ0v) is 19.0. The third-order valence-corrected chi connectivity index (χ3v) is 5.25. The molecule has 9 heteroatoms. The Balaban J connectivity index is 2.11. The molecule has 3 aromatic rings. The first-order valence-electron chi connectivity index (χ1n) is 10.8. The second kappa shape index (κ2) is 9.67. The molecule has 9 nitrogen and oxygen atoms in total. The van der Waals surface area contributed by atoms with Crippen LogP contribution in [0.2, 0.25) is 0 Å². The van der Waals surface area contributed by atoms with Crippen LogP contribution in [0.15, 0.2) is 46.1 Å². The first-order valence-corrected chi connectivity index (χ1v) is 10.8. The number of nitrogen functional groups attached to an aromatic ring is 1. The zero-order chi connectivity index (χ0) is 23.4. The normalized spacial score (nSPS) is 11.2. The molecule has 0 aliphatic carbocycles. The highest BCUT2D eigenvalue weighted by Crippen LogP contribution is 2.23. The molecule has 3 rings (SSSR count). The number of nitrogens with one attached hydrogen (secondary N) is 1. The van der Waals surface area contributed by atoms with E-state index in [-0.39, 0.29) is 23.3 Å². The van der Waals surface area contributed by atoms with Crippen LogP contribution in [0.1, 0.15) is 49.7 Å². The van der Waals surface area contributed by atoms with Crippen molar-refractivity contribution in [2.75, 3.05) is 17.2 Å². The molecule has 0 fully saturated rings. The topological polar surface area (TPSA) is 119 Å². The van der Waals surface area contributed by atoms with E-state index in [1.54, 1.807) is 11.6 Å². The molecule has 0 unspecified atom stereocenters. The molecule has 3 N–H and O–H groups in total. The van der Waals surface area contributed by atoms with E-state index < -0.39 is 11.2 Å². The van der Waals surface area contributed by atoms with E-state index >= 15 is 0 Å². The van der Waals surface area contributed by atoms with Crippen LogP contribution < -0.4 is 21.9 Å². The first-order chi connectivity index (χ1) is 15.3. The van der Waals surface area contributed by atoms with Crippen LogP contribution in [-0.4, -0.2) is 31.8 Å². The van der Waals surface area contributed by atoms with E-state index in [1.807, 2.05) is 51.1 Å². The summed E-state index contributed by atoms with van der Waals surface area (Å²) in [6.45, 7) is 8.30. The van der Waals surface area contributed by atoms with Crippen LogP contribution in [0, 0.1) is 12.8 Å². The number of carbonyl (C=O) groups is 1. The molecule has 0 atom stereocenters. The summed E-state index contributed by atoms with van der Waals surface area (Å²) in [4.78, 5) is 42.4. The fourth-order valence-corrected chi connectivity index (χ4v) is 3.61. The average molecular weight is 439 g/mol. The third-order valence-electron chi connectivity index (χ3n) is 5.25. The summed E-state index contributed by atoms with van der Waals surface area (Å²) < 4.78 is 2.99. The van der Waals surface area contributed by atoms with Crippen molar-refractivity contribution in [3.05, 3.63) is 68.6 Å². The Morgan fingerprint density at radius 3 is 2.53 bits per heavy atom. The van der Waals surface area contributed by atoms with Crippen molar-refractivity contribution in [3.8, 4) is 5.69 Å². The van der Waals surface area contributed by atoms with Crippen molar-refractivity contribution in [2.45, 2.75) is 47.1 Å². The fraction of sp³-hybridized carbons (Fsp3) is 0.391. The number of nitrogens with zero attached hydrogens (tertiary/aromatic N) is 4. The summed E-state index contributed by atoms with van der Waals surface area (Å²) in [5.41, 5.74) is 6.86.